The zero-order valence-corrected chi connectivity index (χ0v) is 19.3. The number of anilines is 1. The Morgan fingerprint density at radius 1 is 1.13 bits per heavy atom. The van der Waals surface area contributed by atoms with Gasteiger partial charge < -0.3 is 20.1 Å². The summed E-state index contributed by atoms with van der Waals surface area (Å²) in [6, 6.07) is 10.7. The molecule has 6 nitrogen and oxygen atoms in total. The summed E-state index contributed by atoms with van der Waals surface area (Å²) in [6.07, 6.45) is 0. The van der Waals surface area contributed by atoms with E-state index in [1.807, 2.05) is 31.1 Å². The molecule has 0 saturated heterocycles. The summed E-state index contributed by atoms with van der Waals surface area (Å²) < 4.78 is 6.01. The van der Waals surface area contributed by atoms with Crippen molar-refractivity contribution in [3.05, 3.63) is 58.7 Å². The number of phenolic OH excluding ortho intramolecular Hbond substituents is 1. The maximum atomic E-state index is 12.9. The molecule has 3 aromatic rings. The van der Waals surface area contributed by atoms with Gasteiger partial charge in [-0.1, -0.05) is 26.0 Å². The molecule has 0 atom stereocenters. The average Bonchev–Trinajstić information content (AvgIpc) is 3.08. The SMILES string of the molecule is CCOC(=O)c1c(NC(=O)c2ccc(C(C)C)cc2)sc2c(CN(C)C)c(O)ccc12. The second kappa shape index (κ2) is 9.49. The summed E-state index contributed by atoms with van der Waals surface area (Å²) in [5, 5.41) is 14.4. The normalized spacial score (nSPS) is 11.3. The van der Waals surface area contributed by atoms with Gasteiger partial charge in [-0.05, 0) is 56.8 Å². The van der Waals surface area contributed by atoms with Crippen molar-refractivity contribution in [1.29, 1.82) is 0 Å². The van der Waals surface area contributed by atoms with Gasteiger partial charge in [0.15, 0.2) is 0 Å². The van der Waals surface area contributed by atoms with E-state index in [2.05, 4.69) is 19.2 Å². The van der Waals surface area contributed by atoms with E-state index >= 15 is 0 Å². The van der Waals surface area contributed by atoms with Crippen molar-refractivity contribution in [2.24, 2.45) is 0 Å². The van der Waals surface area contributed by atoms with E-state index in [0.29, 0.717) is 39.5 Å². The number of hydrogen-bond donors (Lipinski definition) is 2. The van der Waals surface area contributed by atoms with Crippen molar-refractivity contribution >= 4 is 38.3 Å². The lowest BCUT2D eigenvalue weighted by molar-refractivity contribution is 0.0530. The summed E-state index contributed by atoms with van der Waals surface area (Å²) in [4.78, 5) is 27.6. The van der Waals surface area contributed by atoms with Crippen molar-refractivity contribution in [2.45, 2.75) is 33.2 Å². The monoisotopic (exact) mass is 440 g/mol. The lowest BCUT2D eigenvalue weighted by atomic mass is 10.0. The third kappa shape index (κ3) is 4.89. The molecule has 2 aromatic carbocycles. The van der Waals surface area contributed by atoms with E-state index in [0.717, 1.165) is 10.3 Å². The van der Waals surface area contributed by atoms with Gasteiger partial charge in [0, 0.05) is 27.8 Å². The molecule has 0 aliphatic rings. The van der Waals surface area contributed by atoms with Crippen LogP contribution in [0.4, 0.5) is 5.00 Å². The highest BCUT2D eigenvalue weighted by Crippen LogP contribution is 2.41. The Balaban J connectivity index is 2.06. The topological polar surface area (TPSA) is 78.9 Å². The van der Waals surface area contributed by atoms with Crippen molar-refractivity contribution in [2.75, 3.05) is 26.0 Å². The number of hydrogen-bond acceptors (Lipinski definition) is 6. The van der Waals surface area contributed by atoms with Gasteiger partial charge in [-0.25, -0.2) is 4.79 Å². The van der Waals surface area contributed by atoms with Gasteiger partial charge in [0.2, 0.25) is 0 Å². The Bertz CT molecular complexity index is 1100. The molecule has 7 heteroatoms. The number of phenols is 1. The first-order valence-corrected chi connectivity index (χ1v) is 11.0. The fraction of sp³-hybridized carbons (Fsp3) is 0.333. The van der Waals surface area contributed by atoms with Gasteiger partial charge in [-0.3, -0.25) is 4.79 Å². The lowest BCUT2D eigenvalue weighted by Gasteiger charge is -2.12. The summed E-state index contributed by atoms with van der Waals surface area (Å²) in [7, 11) is 3.81. The smallest absolute Gasteiger partial charge is 0.341 e. The van der Waals surface area contributed by atoms with Gasteiger partial charge in [0.05, 0.1) is 6.61 Å². The predicted molar refractivity (Wildman–Crippen MR) is 125 cm³/mol. The zero-order chi connectivity index (χ0) is 22.7. The summed E-state index contributed by atoms with van der Waals surface area (Å²) in [5.74, 6) is -0.274. The molecule has 0 saturated carbocycles. The summed E-state index contributed by atoms with van der Waals surface area (Å²) >= 11 is 1.27. The zero-order valence-electron chi connectivity index (χ0n) is 18.5. The molecular weight excluding hydrogens is 412 g/mol. The minimum absolute atomic E-state index is 0.153. The second-order valence-corrected chi connectivity index (χ2v) is 8.96. The van der Waals surface area contributed by atoms with Crippen LogP contribution in [-0.2, 0) is 11.3 Å². The van der Waals surface area contributed by atoms with E-state index in [1.165, 1.54) is 11.3 Å². The number of rotatable bonds is 7. The highest BCUT2D eigenvalue weighted by Gasteiger charge is 2.25. The molecular formula is C24H28N2O4S. The van der Waals surface area contributed by atoms with Crippen LogP contribution in [0.15, 0.2) is 36.4 Å². The minimum atomic E-state index is -0.499. The quantitative estimate of drug-likeness (QED) is 0.493. The Kier molecular flexibility index (Phi) is 6.97. The van der Waals surface area contributed by atoms with Gasteiger partial charge in [0.25, 0.3) is 5.91 Å². The average molecular weight is 441 g/mol. The van der Waals surface area contributed by atoms with Crippen molar-refractivity contribution < 1.29 is 19.4 Å². The number of amides is 1. The highest BCUT2D eigenvalue weighted by molar-refractivity contribution is 7.23. The van der Waals surface area contributed by atoms with Crippen LogP contribution in [0.5, 0.6) is 5.75 Å². The van der Waals surface area contributed by atoms with Crippen molar-refractivity contribution in [3.8, 4) is 5.75 Å². The minimum Gasteiger partial charge on any atom is -0.508 e. The number of ether oxygens (including phenoxy) is 1. The molecule has 3 rings (SSSR count). The van der Waals surface area contributed by atoms with Crippen LogP contribution < -0.4 is 5.32 Å². The fourth-order valence-electron chi connectivity index (χ4n) is 3.36. The van der Waals surface area contributed by atoms with E-state index in [9.17, 15) is 14.7 Å². The van der Waals surface area contributed by atoms with Crippen LogP contribution in [-0.4, -0.2) is 42.6 Å². The number of benzene rings is 2. The fourth-order valence-corrected chi connectivity index (χ4v) is 4.58. The third-order valence-electron chi connectivity index (χ3n) is 4.96. The van der Waals surface area contributed by atoms with Crippen molar-refractivity contribution in [1.82, 2.24) is 4.90 Å². The van der Waals surface area contributed by atoms with E-state index in [4.69, 9.17) is 4.74 Å². The predicted octanol–water partition coefficient (Wildman–Crippen LogP) is 5.22. The maximum Gasteiger partial charge on any atom is 0.341 e. The molecule has 0 bridgehead atoms. The number of nitrogens with one attached hydrogen (secondary N) is 1. The first-order valence-electron chi connectivity index (χ1n) is 10.2. The van der Waals surface area contributed by atoms with Gasteiger partial charge in [0.1, 0.15) is 16.3 Å². The lowest BCUT2D eigenvalue weighted by Crippen LogP contribution is -2.14. The van der Waals surface area contributed by atoms with Gasteiger partial charge in [-0.15, -0.1) is 11.3 Å². The molecule has 31 heavy (non-hydrogen) atoms. The first-order chi connectivity index (χ1) is 14.7. The Hall–Kier alpha value is -2.90. The summed E-state index contributed by atoms with van der Waals surface area (Å²) in [6.45, 7) is 6.65. The molecule has 2 N–H and O–H groups in total. The second-order valence-electron chi connectivity index (χ2n) is 7.94. The molecule has 0 fully saturated rings. The number of nitrogens with zero attached hydrogens (tertiary/aromatic N) is 1. The molecule has 0 aliphatic heterocycles. The van der Waals surface area contributed by atoms with Gasteiger partial charge >= 0.3 is 5.97 Å². The van der Waals surface area contributed by atoms with Crippen molar-refractivity contribution in [3.63, 3.8) is 0 Å². The molecule has 0 aliphatic carbocycles. The first kappa shape index (κ1) is 22.8. The summed E-state index contributed by atoms with van der Waals surface area (Å²) in [5.41, 5.74) is 2.68. The number of esters is 1. The number of carbonyl (C=O) groups is 2. The Labute approximate surface area is 186 Å². The van der Waals surface area contributed by atoms with E-state index in [-0.39, 0.29) is 18.3 Å². The molecule has 1 amide bonds. The molecule has 0 unspecified atom stereocenters. The van der Waals surface area contributed by atoms with Crippen LogP contribution >= 0.6 is 11.3 Å². The van der Waals surface area contributed by atoms with Gasteiger partial charge in [-0.2, -0.15) is 0 Å². The Morgan fingerprint density at radius 3 is 2.39 bits per heavy atom. The molecule has 1 heterocycles. The number of fused-ring (bicyclic) bond motifs is 1. The molecule has 1 aromatic heterocycles. The molecule has 0 radical (unpaired) electrons. The number of carbonyl (C=O) groups excluding carboxylic acids is 2. The number of thiophene rings is 1. The molecule has 0 spiro atoms. The van der Waals surface area contributed by atoms with Crippen LogP contribution in [0.3, 0.4) is 0 Å². The third-order valence-corrected chi connectivity index (χ3v) is 6.14. The maximum absolute atomic E-state index is 12.9. The number of aromatic hydroxyl groups is 1. The Morgan fingerprint density at radius 2 is 1.81 bits per heavy atom. The standard InChI is InChI=1S/C24H28N2O4S/c1-6-30-24(29)20-17-11-12-19(27)18(13-26(4)5)21(17)31-23(20)25-22(28)16-9-7-15(8-10-16)14(2)3/h7-12,14,27H,6,13H2,1-5H3,(H,25,28). The van der Waals surface area contributed by atoms with Crippen LogP contribution in [0.2, 0.25) is 0 Å². The largest absolute Gasteiger partial charge is 0.508 e. The van der Waals surface area contributed by atoms with E-state index in [1.54, 1.807) is 31.2 Å². The van der Waals surface area contributed by atoms with Crippen LogP contribution in [0.25, 0.3) is 10.1 Å². The van der Waals surface area contributed by atoms with Crippen LogP contribution in [0.1, 0.15) is 58.5 Å². The van der Waals surface area contributed by atoms with Crippen LogP contribution in [0, 0.1) is 0 Å². The molecule has 164 valence electrons. The highest BCUT2D eigenvalue weighted by atomic mass is 32.1. The van der Waals surface area contributed by atoms with E-state index < -0.39 is 5.97 Å².